The lowest BCUT2D eigenvalue weighted by Crippen LogP contribution is -2.46. The van der Waals surface area contributed by atoms with Crippen molar-refractivity contribution in [2.75, 3.05) is 30.0 Å². The summed E-state index contributed by atoms with van der Waals surface area (Å²) in [6, 6.07) is 12.7. The number of nitrogens with one attached hydrogen (secondary N) is 2. The minimum Gasteiger partial charge on any atom is -0.494 e. The van der Waals surface area contributed by atoms with E-state index in [-0.39, 0.29) is 36.3 Å². The molecule has 2 fully saturated rings. The quantitative estimate of drug-likeness (QED) is 0.453. The van der Waals surface area contributed by atoms with E-state index >= 15 is 0 Å². The summed E-state index contributed by atoms with van der Waals surface area (Å²) in [5.41, 5.74) is 0.793. The number of carbonyl (C=O) groups excluding carboxylic acids is 2. The van der Waals surface area contributed by atoms with Crippen molar-refractivity contribution in [2.45, 2.75) is 57.3 Å². The number of anilines is 2. The Morgan fingerprint density at radius 1 is 1.13 bits per heavy atom. The molecule has 6 rings (SSSR count). The predicted molar refractivity (Wildman–Crippen MR) is 145 cm³/mol. The van der Waals surface area contributed by atoms with Gasteiger partial charge in [0.15, 0.2) is 18.2 Å². The highest BCUT2D eigenvalue weighted by Crippen LogP contribution is 2.37. The van der Waals surface area contributed by atoms with Crippen LogP contribution in [0, 0.1) is 0 Å². The van der Waals surface area contributed by atoms with Crippen LogP contribution in [-0.4, -0.2) is 59.5 Å². The first-order valence-corrected chi connectivity index (χ1v) is 13.4. The molecule has 11 nitrogen and oxygen atoms in total. The topological polar surface area (TPSA) is 124 Å². The lowest BCUT2D eigenvalue weighted by molar-refractivity contribution is -0.118. The van der Waals surface area contributed by atoms with Crippen LogP contribution in [0.5, 0.6) is 11.5 Å². The van der Waals surface area contributed by atoms with Crippen LogP contribution in [0.3, 0.4) is 0 Å². The highest BCUT2D eigenvalue weighted by molar-refractivity contribution is 5.95. The maximum absolute atomic E-state index is 12.8. The first-order chi connectivity index (χ1) is 19.0. The van der Waals surface area contributed by atoms with Crippen LogP contribution in [0.1, 0.15) is 32.6 Å². The lowest BCUT2D eigenvalue weighted by atomic mass is 9.88. The number of hydrogen-bond donors (Lipinski definition) is 2. The van der Waals surface area contributed by atoms with Gasteiger partial charge in [-0.25, -0.2) is 9.78 Å². The second-order valence-corrected chi connectivity index (χ2v) is 10.1. The Morgan fingerprint density at radius 2 is 2.00 bits per heavy atom. The lowest BCUT2D eigenvalue weighted by Gasteiger charge is -2.33. The maximum Gasteiger partial charge on any atom is 0.416 e. The van der Waals surface area contributed by atoms with Gasteiger partial charge in [-0.1, -0.05) is 6.92 Å². The first-order valence-electron chi connectivity index (χ1n) is 13.4. The molecular weight excluding hydrogens is 502 g/mol. The third-order valence-corrected chi connectivity index (χ3v) is 7.45. The Labute approximate surface area is 225 Å². The van der Waals surface area contributed by atoms with Gasteiger partial charge in [-0.3, -0.25) is 14.5 Å². The molecule has 39 heavy (non-hydrogen) atoms. The smallest absolute Gasteiger partial charge is 0.416 e. The van der Waals surface area contributed by atoms with Crippen molar-refractivity contribution >= 4 is 34.5 Å². The Balaban J connectivity index is 1.10. The van der Waals surface area contributed by atoms with Gasteiger partial charge >= 0.3 is 6.09 Å². The van der Waals surface area contributed by atoms with Crippen molar-refractivity contribution in [3.8, 4) is 11.5 Å². The van der Waals surface area contributed by atoms with Crippen LogP contribution in [-0.2, 0) is 16.1 Å². The van der Waals surface area contributed by atoms with Crippen molar-refractivity contribution in [3.05, 3.63) is 52.8 Å². The summed E-state index contributed by atoms with van der Waals surface area (Å²) in [6.45, 7) is 3.74. The van der Waals surface area contributed by atoms with Crippen LogP contribution in [0.4, 0.5) is 16.4 Å². The number of pyridine rings is 2. The highest BCUT2D eigenvalue weighted by Gasteiger charge is 2.46. The largest absolute Gasteiger partial charge is 0.494 e. The third-order valence-electron chi connectivity index (χ3n) is 7.45. The molecule has 2 aromatic heterocycles. The van der Waals surface area contributed by atoms with Gasteiger partial charge in [0, 0.05) is 37.7 Å². The Bertz CT molecular complexity index is 1470. The van der Waals surface area contributed by atoms with E-state index in [0.717, 1.165) is 35.9 Å². The van der Waals surface area contributed by atoms with E-state index in [9.17, 15) is 14.4 Å². The molecule has 0 unspecified atom stereocenters. The van der Waals surface area contributed by atoms with Gasteiger partial charge < -0.3 is 29.4 Å². The Hall–Kier alpha value is -4.12. The van der Waals surface area contributed by atoms with Gasteiger partial charge in [-0.2, -0.15) is 0 Å². The fourth-order valence-corrected chi connectivity index (χ4v) is 5.58. The number of carbonyl (C=O) groups is 2. The van der Waals surface area contributed by atoms with Gasteiger partial charge in [0.05, 0.1) is 18.2 Å². The van der Waals surface area contributed by atoms with E-state index < -0.39 is 6.09 Å². The second kappa shape index (κ2) is 10.6. The molecule has 3 aliphatic rings. The van der Waals surface area contributed by atoms with Crippen molar-refractivity contribution in [2.24, 2.45) is 0 Å². The molecule has 0 spiro atoms. The summed E-state index contributed by atoms with van der Waals surface area (Å²) in [4.78, 5) is 43.2. The number of rotatable bonds is 8. The average Bonchev–Trinajstić information content (AvgIpc) is 3.27. The van der Waals surface area contributed by atoms with E-state index in [4.69, 9.17) is 14.2 Å². The van der Waals surface area contributed by atoms with Gasteiger partial charge in [0.25, 0.3) is 11.5 Å². The van der Waals surface area contributed by atoms with Gasteiger partial charge in [-0.05, 0) is 55.0 Å². The second-order valence-electron chi connectivity index (χ2n) is 10.1. The van der Waals surface area contributed by atoms with Crippen LogP contribution >= 0.6 is 0 Å². The molecule has 1 saturated heterocycles. The zero-order valence-electron chi connectivity index (χ0n) is 21.7. The van der Waals surface area contributed by atoms with Crippen LogP contribution in [0.15, 0.2) is 47.3 Å². The van der Waals surface area contributed by atoms with E-state index in [0.29, 0.717) is 43.5 Å². The fraction of sp³-hybridized carbons (Fsp3) is 0.429. The van der Waals surface area contributed by atoms with Crippen molar-refractivity contribution in [3.63, 3.8) is 0 Å². The first kappa shape index (κ1) is 25.2. The molecule has 204 valence electrons. The molecule has 0 bridgehead atoms. The number of hydrogen-bond acceptors (Lipinski definition) is 8. The summed E-state index contributed by atoms with van der Waals surface area (Å²) in [7, 11) is 0. The monoisotopic (exact) mass is 533 g/mol. The number of nitrogens with zero attached hydrogens (tertiary/aromatic N) is 3. The molecular formula is C28H31N5O6. The minimum absolute atomic E-state index is 0.0532. The Morgan fingerprint density at radius 3 is 2.87 bits per heavy atom. The number of aromatic nitrogens is 2. The minimum atomic E-state index is -0.440. The fourth-order valence-electron chi connectivity index (χ4n) is 5.58. The molecule has 2 N–H and O–H groups in total. The van der Waals surface area contributed by atoms with E-state index in [1.165, 1.54) is 0 Å². The van der Waals surface area contributed by atoms with Gasteiger partial charge in [0.2, 0.25) is 0 Å². The van der Waals surface area contributed by atoms with E-state index in [1.54, 1.807) is 27.7 Å². The molecule has 11 heteroatoms. The molecule has 1 aliphatic carbocycles. The number of ether oxygens (including phenoxy) is 3. The standard InChI is InChI=1S/C28H31N5O6/c1-2-13-37-19-6-3-17-4-10-26(35)32(21(17)15-19)12-11-29-18-5-7-20-23(14-18)39-28(36)33(20)24-9-8-22-27(30-24)31-25(34)16-38-22/h3-4,6,8-10,15,18,20,23,29H,2,5,7,11-14,16H2,1H3,(H,30,31,34)/t18-,20-,23-/m0/s1. The molecule has 2 aliphatic heterocycles. The summed E-state index contributed by atoms with van der Waals surface area (Å²) in [5.74, 6) is 1.69. The van der Waals surface area contributed by atoms with Gasteiger partial charge in [0.1, 0.15) is 17.7 Å². The molecule has 3 atom stereocenters. The van der Waals surface area contributed by atoms with Crippen molar-refractivity contribution in [1.82, 2.24) is 14.9 Å². The van der Waals surface area contributed by atoms with E-state index in [2.05, 4.69) is 22.5 Å². The SMILES string of the molecule is CCCOc1ccc2ccc(=O)n(CCN[C@H]3CC[C@H]4[C@H](C3)OC(=O)N4c3ccc4c(n3)NC(=O)CO4)c2c1. The summed E-state index contributed by atoms with van der Waals surface area (Å²) in [5, 5.41) is 7.23. The molecule has 3 aromatic rings. The highest BCUT2D eigenvalue weighted by atomic mass is 16.6. The van der Waals surface area contributed by atoms with Crippen LogP contribution in [0.2, 0.25) is 0 Å². The van der Waals surface area contributed by atoms with Crippen molar-refractivity contribution in [1.29, 1.82) is 0 Å². The summed E-state index contributed by atoms with van der Waals surface area (Å²) >= 11 is 0. The zero-order valence-corrected chi connectivity index (χ0v) is 21.7. The molecule has 0 radical (unpaired) electrons. The molecule has 4 heterocycles. The number of amides is 2. The summed E-state index contributed by atoms with van der Waals surface area (Å²) in [6.07, 6.45) is 2.45. The average molecular weight is 534 g/mol. The summed E-state index contributed by atoms with van der Waals surface area (Å²) < 4.78 is 18.7. The molecule has 1 aromatic carbocycles. The molecule has 1 saturated carbocycles. The van der Waals surface area contributed by atoms with Crippen LogP contribution in [0.25, 0.3) is 10.9 Å². The van der Waals surface area contributed by atoms with E-state index in [1.807, 2.05) is 24.3 Å². The number of benzene rings is 1. The van der Waals surface area contributed by atoms with Crippen molar-refractivity contribution < 1.29 is 23.8 Å². The van der Waals surface area contributed by atoms with Gasteiger partial charge in [-0.15, -0.1) is 0 Å². The Kier molecular flexibility index (Phi) is 6.82. The predicted octanol–water partition coefficient (Wildman–Crippen LogP) is 3.05. The normalized spacial score (nSPS) is 22.1. The zero-order chi connectivity index (χ0) is 26.9. The molecule has 2 amide bonds. The van der Waals surface area contributed by atoms with Crippen LogP contribution < -0.4 is 30.6 Å². The third kappa shape index (κ3) is 5.01. The number of fused-ring (bicyclic) bond motifs is 3. The maximum atomic E-state index is 12.8.